The molecule has 1 aromatic carbocycles. The molecule has 11 heteroatoms. The van der Waals surface area contributed by atoms with Gasteiger partial charge in [0, 0.05) is 13.1 Å². The number of benzene rings is 1. The third-order valence-electron chi connectivity index (χ3n) is 2.96. The number of hydrogen-bond acceptors (Lipinski definition) is 5. The fourth-order valence-corrected chi connectivity index (χ4v) is 1.66. The van der Waals surface area contributed by atoms with Gasteiger partial charge in [0.05, 0.1) is 0 Å². The summed E-state index contributed by atoms with van der Waals surface area (Å²) in [5, 5.41) is 15.9. The Kier molecular flexibility index (Phi) is 4.41. The lowest BCUT2D eigenvalue weighted by molar-refractivity contribution is -0.210. The van der Waals surface area contributed by atoms with E-state index < -0.39 is 30.4 Å². The van der Waals surface area contributed by atoms with Crippen molar-refractivity contribution in [3.05, 3.63) is 34.0 Å². The lowest BCUT2D eigenvalue weighted by Crippen LogP contribution is -2.34. The molecule has 1 unspecified atom stereocenters. The zero-order valence-corrected chi connectivity index (χ0v) is 12.0. The summed E-state index contributed by atoms with van der Waals surface area (Å²) in [5.41, 5.74) is -0.658. The van der Waals surface area contributed by atoms with Crippen molar-refractivity contribution in [3.8, 4) is 11.4 Å². The van der Waals surface area contributed by atoms with Gasteiger partial charge in [0.1, 0.15) is 23.9 Å². The Bertz CT molecular complexity index is 769. The Labute approximate surface area is 126 Å². The normalized spacial score (nSPS) is 13.2. The average molecular weight is 336 g/mol. The second kappa shape index (κ2) is 5.99. The van der Waals surface area contributed by atoms with E-state index >= 15 is 0 Å². The van der Waals surface area contributed by atoms with Crippen molar-refractivity contribution >= 4 is 0 Å². The Hall–Kier alpha value is -2.43. The standard InChI is InChI=1S/C12H12F4N4O3/c1-6-3-8(20-11(22)19(2)17-18-20)9(4-7(6)13)23-5-10(21)12(14,15)16/h3-4,10,21H,5H2,1-2H3. The van der Waals surface area contributed by atoms with Crippen molar-refractivity contribution < 1.29 is 27.4 Å². The molecule has 23 heavy (non-hydrogen) atoms. The first-order chi connectivity index (χ1) is 10.6. The van der Waals surface area contributed by atoms with Crippen molar-refractivity contribution in [1.82, 2.24) is 19.8 Å². The second-order valence-corrected chi connectivity index (χ2v) is 4.73. The molecule has 0 amide bonds. The van der Waals surface area contributed by atoms with Gasteiger partial charge in [0.2, 0.25) is 0 Å². The zero-order valence-electron chi connectivity index (χ0n) is 12.0. The number of aliphatic hydroxyl groups is 1. The third-order valence-corrected chi connectivity index (χ3v) is 2.96. The Morgan fingerprint density at radius 3 is 2.52 bits per heavy atom. The van der Waals surface area contributed by atoms with Crippen LogP contribution < -0.4 is 10.4 Å². The summed E-state index contributed by atoms with van der Waals surface area (Å²) in [4.78, 5) is 11.8. The van der Waals surface area contributed by atoms with Gasteiger partial charge in [-0.3, -0.25) is 0 Å². The van der Waals surface area contributed by atoms with E-state index in [2.05, 4.69) is 10.4 Å². The lowest BCUT2D eigenvalue weighted by atomic mass is 10.2. The molecule has 0 aliphatic carbocycles. The molecule has 1 aromatic heterocycles. The highest BCUT2D eigenvalue weighted by atomic mass is 19.4. The Morgan fingerprint density at radius 1 is 1.35 bits per heavy atom. The van der Waals surface area contributed by atoms with Crippen molar-refractivity contribution in [2.45, 2.75) is 19.2 Å². The van der Waals surface area contributed by atoms with Crippen LogP contribution in [0.25, 0.3) is 5.69 Å². The molecule has 2 aromatic rings. The molecule has 0 aliphatic rings. The predicted octanol–water partition coefficient (Wildman–Crippen LogP) is 0.716. The van der Waals surface area contributed by atoms with E-state index in [1.54, 1.807) is 0 Å². The van der Waals surface area contributed by atoms with Gasteiger partial charge in [-0.15, -0.1) is 0 Å². The predicted molar refractivity (Wildman–Crippen MR) is 68.9 cm³/mol. The molecule has 1 N–H and O–H groups in total. The molecule has 0 saturated carbocycles. The molecule has 7 nitrogen and oxygen atoms in total. The van der Waals surface area contributed by atoms with Crippen molar-refractivity contribution in [2.24, 2.45) is 7.05 Å². The van der Waals surface area contributed by atoms with E-state index in [4.69, 9.17) is 9.84 Å². The highest BCUT2D eigenvalue weighted by molar-refractivity contribution is 5.48. The van der Waals surface area contributed by atoms with Crippen LogP contribution in [0, 0.1) is 12.7 Å². The van der Waals surface area contributed by atoms with Crippen LogP contribution in [0.2, 0.25) is 0 Å². The number of aryl methyl sites for hydroxylation is 2. The Morgan fingerprint density at radius 2 is 2.00 bits per heavy atom. The van der Waals surface area contributed by atoms with Gasteiger partial charge < -0.3 is 9.84 Å². The third kappa shape index (κ3) is 3.50. The van der Waals surface area contributed by atoms with Crippen molar-refractivity contribution in [1.29, 1.82) is 0 Å². The van der Waals surface area contributed by atoms with E-state index in [0.717, 1.165) is 15.4 Å². The van der Waals surface area contributed by atoms with Crippen LogP contribution in [-0.4, -0.2) is 43.8 Å². The van der Waals surface area contributed by atoms with Gasteiger partial charge in [-0.25, -0.2) is 9.18 Å². The molecular formula is C12H12F4N4O3. The molecule has 0 saturated heterocycles. The molecule has 126 valence electrons. The molecule has 1 atom stereocenters. The number of halogens is 4. The highest BCUT2D eigenvalue weighted by Gasteiger charge is 2.39. The van der Waals surface area contributed by atoms with Crippen molar-refractivity contribution in [3.63, 3.8) is 0 Å². The maximum absolute atomic E-state index is 13.6. The zero-order chi connectivity index (χ0) is 17.4. The van der Waals surface area contributed by atoms with Gasteiger partial charge in [-0.2, -0.15) is 22.5 Å². The molecule has 1 heterocycles. The summed E-state index contributed by atoms with van der Waals surface area (Å²) in [5.74, 6) is -1.12. The summed E-state index contributed by atoms with van der Waals surface area (Å²) in [6.07, 6.45) is -7.63. The van der Waals surface area contributed by atoms with E-state index in [0.29, 0.717) is 0 Å². The maximum atomic E-state index is 13.6. The summed E-state index contributed by atoms with van der Waals surface area (Å²) in [6, 6.07) is 2.00. The number of alkyl halides is 3. The quantitative estimate of drug-likeness (QED) is 0.832. The number of ether oxygens (including phenoxy) is 1. The van der Waals surface area contributed by atoms with Crippen LogP contribution in [0.3, 0.4) is 0 Å². The summed E-state index contributed by atoms with van der Waals surface area (Å²) >= 11 is 0. The average Bonchev–Trinajstić information content (AvgIpc) is 2.78. The topological polar surface area (TPSA) is 82.2 Å². The van der Waals surface area contributed by atoms with Crippen LogP contribution in [0.15, 0.2) is 16.9 Å². The van der Waals surface area contributed by atoms with E-state index in [9.17, 15) is 22.4 Å². The smallest absolute Gasteiger partial charge is 0.417 e. The monoisotopic (exact) mass is 336 g/mol. The number of aliphatic hydroxyl groups excluding tert-OH is 1. The van der Waals surface area contributed by atoms with E-state index in [1.165, 1.54) is 20.0 Å². The number of hydrogen-bond donors (Lipinski definition) is 1. The number of nitrogens with zero attached hydrogens (tertiary/aromatic N) is 4. The maximum Gasteiger partial charge on any atom is 0.417 e. The minimum absolute atomic E-state index is 0.0867. The first-order valence-corrected chi connectivity index (χ1v) is 6.28. The largest absolute Gasteiger partial charge is 0.488 e. The molecule has 0 aliphatic heterocycles. The molecule has 0 bridgehead atoms. The number of tetrazole rings is 1. The molecular weight excluding hydrogens is 324 g/mol. The highest BCUT2D eigenvalue weighted by Crippen LogP contribution is 2.27. The number of aromatic nitrogens is 4. The van der Waals surface area contributed by atoms with E-state index in [-0.39, 0.29) is 17.0 Å². The minimum atomic E-state index is -4.88. The molecule has 0 spiro atoms. The van der Waals surface area contributed by atoms with Crippen molar-refractivity contribution in [2.75, 3.05) is 6.61 Å². The van der Waals surface area contributed by atoms with Crippen LogP contribution in [0.5, 0.6) is 5.75 Å². The lowest BCUT2D eigenvalue weighted by Gasteiger charge is -2.17. The first-order valence-electron chi connectivity index (χ1n) is 6.28. The SMILES string of the molecule is Cc1cc(-n2nnn(C)c2=O)c(OCC(O)C(F)(F)F)cc1F. The molecule has 2 rings (SSSR count). The fourth-order valence-electron chi connectivity index (χ4n) is 1.66. The van der Waals surface area contributed by atoms with Crippen LogP contribution in [0.1, 0.15) is 5.56 Å². The summed E-state index contributed by atoms with van der Waals surface area (Å²) in [7, 11) is 1.32. The van der Waals surface area contributed by atoms with Gasteiger partial charge in [-0.05, 0) is 29.0 Å². The molecule has 0 radical (unpaired) electrons. The van der Waals surface area contributed by atoms with Crippen LogP contribution in [-0.2, 0) is 7.05 Å². The molecule has 0 fully saturated rings. The van der Waals surface area contributed by atoms with Gasteiger partial charge in [-0.1, -0.05) is 0 Å². The summed E-state index contributed by atoms with van der Waals surface area (Å²) < 4.78 is 57.0. The Balaban J connectivity index is 2.41. The van der Waals surface area contributed by atoms with Gasteiger partial charge in [0.15, 0.2) is 6.10 Å². The fraction of sp³-hybridized carbons (Fsp3) is 0.417. The number of rotatable bonds is 4. The van der Waals surface area contributed by atoms with Crippen LogP contribution in [0.4, 0.5) is 17.6 Å². The van der Waals surface area contributed by atoms with E-state index in [1.807, 2.05) is 0 Å². The second-order valence-electron chi connectivity index (χ2n) is 4.73. The minimum Gasteiger partial charge on any atom is -0.488 e. The van der Waals surface area contributed by atoms with Crippen LogP contribution >= 0.6 is 0 Å². The summed E-state index contributed by atoms with van der Waals surface area (Å²) in [6.45, 7) is 0.239. The van der Waals surface area contributed by atoms with Gasteiger partial charge in [0.25, 0.3) is 0 Å². The first kappa shape index (κ1) is 16.9. The van der Waals surface area contributed by atoms with Gasteiger partial charge >= 0.3 is 11.9 Å².